The molecule has 4 heteroatoms. The number of carbonyl (C=O) groups excluding carboxylic acids is 1. The Hall–Kier alpha value is -2.93. The number of aromatic nitrogens is 1. The maximum absolute atomic E-state index is 12.0. The number of nitrogens with one attached hydrogen (secondary N) is 1. The summed E-state index contributed by atoms with van der Waals surface area (Å²) in [5.74, 6) is -0.0290. The Morgan fingerprint density at radius 2 is 1.95 bits per heavy atom. The zero-order valence-corrected chi connectivity index (χ0v) is 11.0. The Morgan fingerprint density at radius 1 is 1.20 bits per heavy atom. The SMILES string of the molecule is Cc1cccc(NC(=O)/C(C#N)=C/c2ccccc2)n1. The van der Waals surface area contributed by atoms with Crippen LogP contribution in [0.25, 0.3) is 6.08 Å². The summed E-state index contributed by atoms with van der Waals surface area (Å²) in [4.78, 5) is 16.2. The van der Waals surface area contributed by atoms with Crippen LogP contribution >= 0.6 is 0 Å². The molecule has 1 aromatic carbocycles. The lowest BCUT2D eigenvalue weighted by atomic mass is 10.1. The Balaban J connectivity index is 2.19. The van der Waals surface area contributed by atoms with Gasteiger partial charge in [-0.2, -0.15) is 5.26 Å². The minimum Gasteiger partial charge on any atom is -0.306 e. The Kier molecular flexibility index (Phi) is 4.25. The van der Waals surface area contributed by atoms with Gasteiger partial charge < -0.3 is 5.32 Å². The molecule has 20 heavy (non-hydrogen) atoms. The fourth-order valence-electron chi connectivity index (χ4n) is 1.66. The number of pyridine rings is 1. The highest BCUT2D eigenvalue weighted by atomic mass is 16.1. The molecule has 0 radical (unpaired) electrons. The van der Waals surface area contributed by atoms with E-state index in [1.165, 1.54) is 0 Å². The number of carbonyl (C=O) groups is 1. The Labute approximate surface area is 117 Å². The highest BCUT2D eigenvalue weighted by molar-refractivity contribution is 6.09. The molecule has 2 rings (SSSR count). The average Bonchev–Trinajstić information content (AvgIpc) is 2.45. The number of nitriles is 1. The van der Waals surface area contributed by atoms with Crippen molar-refractivity contribution in [3.63, 3.8) is 0 Å². The van der Waals surface area contributed by atoms with Crippen molar-refractivity contribution in [1.82, 2.24) is 4.98 Å². The molecular weight excluding hydrogens is 250 g/mol. The minimum absolute atomic E-state index is 0.0412. The molecule has 0 spiro atoms. The van der Waals surface area contributed by atoms with Crippen LogP contribution in [-0.4, -0.2) is 10.9 Å². The second-order valence-corrected chi connectivity index (χ2v) is 4.20. The van der Waals surface area contributed by atoms with Gasteiger partial charge >= 0.3 is 0 Å². The summed E-state index contributed by atoms with van der Waals surface area (Å²) >= 11 is 0. The predicted octanol–water partition coefficient (Wildman–Crippen LogP) is 2.94. The molecule has 4 nitrogen and oxygen atoms in total. The van der Waals surface area contributed by atoms with Crippen LogP contribution in [0.1, 0.15) is 11.3 Å². The van der Waals surface area contributed by atoms with Gasteiger partial charge in [0.15, 0.2) is 0 Å². The van der Waals surface area contributed by atoms with Crippen LogP contribution in [0.2, 0.25) is 0 Å². The van der Waals surface area contributed by atoms with E-state index >= 15 is 0 Å². The molecule has 1 heterocycles. The quantitative estimate of drug-likeness (QED) is 0.684. The Morgan fingerprint density at radius 3 is 2.60 bits per heavy atom. The predicted molar refractivity (Wildman–Crippen MR) is 77.6 cm³/mol. The van der Waals surface area contributed by atoms with E-state index in [1.54, 1.807) is 18.2 Å². The third kappa shape index (κ3) is 3.53. The van der Waals surface area contributed by atoms with Crippen molar-refractivity contribution in [2.24, 2.45) is 0 Å². The van der Waals surface area contributed by atoms with E-state index in [1.807, 2.05) is 49.4 Å². The van der Waals surface area contributed by atoms with E-state index in [0.29, 0.717) is 5.82 Å². The molecular formula is C16H13N3O. The van der Waals surface area contributed by atoms with Crippen LogP contribution in [0, 0.1) is 18.3 Å². The number of anilines is 1. The van der Waals surface area contributed by atoms with Crippen LogP contribution in [0.4, 0.5) is 5.82 Å². The van der Waals surface area contributed by atoms with Crippen molar-refractivity contribution in [3.8, 4) is 6.07 Å². The number of nitrogens with zero attached hydrogens (tertiary/aromatic N) is 2. The van der Waals surface area contributed by atoms with E-state index in [0.717, 1.165) is 11.3 Å². The number of hydrogen-bond acceptors (Lipinski definition) is 3. The van der Waals surface area contributed by atoms with Crippen molar-refractivity contribution in [2.75, 3.05) is 5.32 Å². The van der Waals surface area contributed by atoms with Crippen LogP contribution in [0.15, 0.2) is 54.1 Å². The number of benzene rings is 1. The fourth-order valence-corrected chi connectivity index (χ4v) is 1.66. The monoisotopic (exact) mass is 263 g/mol. The largest absolute Gasteiger partial charge is 0.306 e. The van der Waals surface area contributed by atoms with E-state index in [2.05, 4.69) is 10.3 Å². The van der Waals surface area contributed by atoms with E-state index in [-0.39, 0.29) is 5.57 Å². The third-order valence-corrected chi connectivity index (χ3v) is 2.61. The van der Waals surface area contributed by atoms with Crippen LogP contribution in [0.3, 0.4) is 0 Å². The smallest absolute Gasteiger partial charge is 0.267 e. The van der Waals surface area contributed by atoms with Crippen LogP contribution < -0.4 is 5.32 Å². The van der Waals surface area contributed by atoms with Crippen molar-refractivity contribution in [3.05, 3.63) is 65.4 Å². The summed E-state index contributed by atoms with van der Waals surface area (Å²) in [7, 11) is 0. The summed E-state index contributed by atoms with van der Waals surface area (Å²) in [5.41, 5.74) is 1.64. The zero-order valence-electron chi connectivity index (χ0n) is 11.0. The maximum Gasteiger partial charge on any atom is 0.267 e. The van der Waals surface area contributed by atoms with Crippen molar-refractivity contribution in [1.29, 1.82) is 5.26 Å². The van der Waals surface area contributed by atoms with Gasteiger partial charge in [-0.1, -0.05) is 36.4 Å². The van der Waals surface area contributed by atoms with Crippen LogP contribution in [-0.2, 0) is 4.79 Å². The van der Waals surface area contributed by atoms with Gasteiger partial charge in [-0.3, -0.25) is 4.79 Å². The molecule has 0 atom stereocenters. The lowest BCUT2D eigenvalue weighted by Crippen LogP contribution is -2.14. The second-order valence-electron chi connectivity index (χ2n) is 4.20. The molecule has 98 valence electrons. The van der Waals surface area contributed by atoms with Crippen molar-refractivity contribution < 1.29 is 4.79 Å². The molecule has 0 unspecified atom stereocenters. The van der Waals surface area contributed by atoms with Gasteiger partial charge in [0.1, 0.15) is 17.5 Å². The van der Waals surface area contributed by atoms with Gasteiger partial charge in [0, 0.05) is 5.69 Å². The molecule has 0 aliphatic heterocycles. The van der Waals surface area contributed by atoms with Gasteiger partial charge in [0.05, 0.1) is 0 Å². The first kappa shape index (κ1) is 13.5. The first-order chi connectivity index (χ1) is 9.69. The fraction of sp³-hybridized carbons (Fsp3) is 0.0625. The first-order valence-electron chi connectivity index (χ1n) is 6.11. The summed E-state index contributed by atoms with van der Waals surface area (Å²) in [5, 5.41) is 11.7. The number of hydrogen-bond donors (Lipinski definition) is 1. The summed E-state index contributed by atoms with van der Waals surface area (Å²) < 4.78 is 0. The lowest BCUT2D eigenvalue weighted by Gasteiger charge is -2.04. The molecule has 0 saturated carbocycles. The van der Waals surface area contributed by atoms with Crippen molar-refractivity contribution >= 4 is 17.8 Å². The number of rotatable bonds is 3. The highest BCUT2D eigenvalue weighted by Crippen LogP contribution is 2.09. The molecule has 1 amide bonds. The van der Waals surface area contributed by atoms with E-state index in [9.17, 15) is 4.79 Å². The van der Waals surface area contributed by atoms with E-state index in [4.69, 9.17) is 5.26 Å². The van der Waals surface area contributed by atoms with Crippen molar-refractivity contribution in [2.45, 2.75) is 6.92 Å². The van der Waals surface area contributed by atoms with Gasteiger partial charge in [0.2, 0.25) is 0 Å². The Bertz CT molecular complexity index is 684. The molecule has 0 bridgehead atoms. The first-order valence-corrected chi connectivity index (χ1v) is 6.11. The molecule has 0 aliphatic rings. The zero-order chi connectivity index (χ0) is 14.4. The average molecular weight is 263 g/mol. The summed E-state index contributed by atoms with van der Waals surface area (Å²) in [6, 6.07) is 16.4. The molecule has 1 N–H and O–H groups in total. The topological polar surface area (TPSA) is 65.8 Å². The van der Waals surface area contributed by atoms with Gasteiger partial charge in [-0.15, -0.1) is 0 Å². The van der Waals surface area contributed by atoms with Gasteiger partial charge in [-0.25, -0.2) is 4.98 Å². The lowest BCUT2D eigenvalue weighted by molar-refractivity contribution is -0.112. The minimum atomic E-state index is -0.463. The molecule has 1 aromatic heterocycles. The second kappa shape index (κ2) is 6.30. The third-order valence-electron chi connectivity index (χ3n) is 2.61. The molecule has 2 aromatic rings. The van der Waals surface area contributed by atoms with E-state index < -0.39 is 5.91 Å². The molecule has 0 saturated heterocycles. The standard InChI is InChI=1S/C16H13N3O/c1-12-6-5-9-15(18-12)19-16(20)14(11-17)10-13-7-3-2-4-8-13/h2-10H,1H3,(H,18,19,20)/b14-10+. The molecule has 0 aliphatic carbocycles. The normalized spacial score (nSPS) is 10.7. The van der Waals surface area contributed by atoms with Crippen LogP contribution in [0.5, 0.6) is 0 Å². The molecule has 0 fully saturated rings. The number of amides is 1. The highest BCUT2D eigenvalue weighted by Gasteiger charge is 2.09. The number of aryl methyl sites for hydroxylation is 1. The van der Waals surface area contributed by atoms with Gasteiger partial charge in [0.25, 0.3) is 5.91 Å². The van der Waals surface area contributed by atoms with Gasteiger partial charge in [-0.05, 0) is 30.7 Å². The summed E-state index contributed by atoms with van der Waals surface area (Å²) in [6.45, 7) is 1.83. The maximum atomic E-state index is 12.0. The summed E-state index contributed by atoms with van der Waals surface area (Å²) in [6.07, 6.45) is 1.55.